The lowest BCUT2D eigenvalue weighted by Gasteiger charge is -2.41. The normalized spacial score (nSPS) is 23.4. The van der Waals surface area contributed by atoms with Gasteiger partial charge in [-0.3, -0.25) is 9.59 Å². The van der Waals surface area contributed by atoms with Gasteiger partial charge in [-0.2, -0.15) is 11.8 Å². The van der Waals surface area contributed by atoms with E-state index in [2.05, 4.69) is 11.6 Å². The lowest BCUT2D eigenvalue weighted by Crippen LogP contribution is -2.64. The van der Waals surface area contributed by atoms with Gasteiger partial charge in [-0.05, 0) is 37.2 Å². The maximum Gasteiger partial charge on any atom is 0.245 e. The number of carbonyl (C=O) groups excluding carboxylic acids is 2. The van der Waals surface area contributed by atoms with Crippen molar-refractivity contribution in [3.8, 4) is 0 Å². The standard InChI is InChI=1S/C15H28N2O2S/c1-5-8-12-15(19)17(9-6-7-10-20-4)13(11(2)3)14(18)16-12/h11-13H,5-10H2,1-4H3,(H,16,18). The smallest absolute Gasteiger partial charge is 0.245 e. The number of nitrogens with zero attached hydrogens (tertiary/aromatic N) is 1. The second-order valence-corrected chi connectivity index (χ2v) is 6.76. The summed E-state index contributed by atoms with van der Waals surface area (Å²) >= 11 is 1.82. The minimum absolute atomic E-state index is 0.0166. The van der Waals surface area contributed by atoms with E-state index < -0.39 is 0 Å². The van der Waals surface area contributed by atoms with Crippen molar-refractivity contribution in [3.05, 3.63) is 0 Å². The highest BCUT2D eigenvalue weighted by Crippen LogP contribution is 2.20. The Morgan fingerprint density at radius 2 is 2.00 bits per heavy atom. The zero-order chi connectivity index (χ0) is 15.1. The molecule has 1 saturated heterocycles. The Morgan fingerprint density at radius 3 is 2.55 bits per heavy atom. The van der Waals surface area contributed by atoms with E-state index in [1.54, 1.807) is 0 Å². The number of rotatable bonds is 8. The third-order valence-electron chi connectivity index (χ3n) is 3.71. The molecule has 0 aromatic carbocycles. The molecule has 4 nitrogen and oxygen atoms in total. The molecule has 1 N–H and O–H groups in total. The highest BCUT2D eigenvalue weighted by Gasteiger charge is 2.40. The van der Waals surface area contributed by atoms with Crippen molar-refractivity contribution in [2.75, 3.05) is 18.6 Å². The van der Waals surface area contributed by atoms with E-state index in [0.717, 1.165) is 31.4 Å². The highest BCUT2D eigenvalue weighted by molar-refractivity contribution is 7.98. The Kier molecular flexibility index (Phi) is 7.41. The number of unbranched alkanes of at least 4 members (excludes halogenated alkanes) is 1. The first-order valence-electron chi connectivity index (χ1n) is 7.62. The summed E-state index contributed by atoms with van der Waals surface area (Å²) in [6, 6.07) is -0.618. The van der Waals surface area contributed by atoms with Gasteiger partial charge in [-0.1, -0.05) is 27.2 Å². The fourth-order valence-corrected chi connectivity index (χ4v) is 3.22. The van der Waals surface area contributed by atoms with Gasteiger partial charge in [0.1, 0.15) is 12.1 Å². The summed E-state index contributed by atoms with van der Waals surface area (Å²) < 4.78 is 0. The van der Waals surface area contributed by atoms with Crippen molar-refractivity contribution in [1.29, 1.82) is 0 Å². The Hall–Kier alpha value is -0.710. The number of nitrogens with one attached hydrogen (secondary N) is 1. The molecule has 5 heteroatoms. The van der Waals surface area contributed by atoms with Crippen molar-refractivity contribution < 1.29 is 9.59 Å². The van der Waals surface area contributed by atoms with Crippen LogP contribution >= 0.6 is 11.8 Å². The monoisotopic (exact) mass is 300 g/mol. The van der Waals surface area contributed by atoms with Gasteiger partial charge in [-0.15, -0.1) is 0 Å². The molecule has 1 aliphatic rings. The Labute approximate surface area is 127 Å². The molecule has 1 rings (SSSR count). The lowest BCUT2D eigenvalue weighted by molar-refractivity contribution is -0.151. The first kappa shape index (κ1) is 17.3. The Balaban J connectivity index is 2.73. The Bertz CT molecular complexity index is 334. The zero-order valence-electron chi connectivity index (χ0n) is 13.1. The van der Waals surface area contributed by atoms with Crippen LogP contribution in [0.5, 0.6) is 0 Å². The van der Waals surface area contributed by atoms with Gasteiger partial charge in [0.05, 0.1) is 0 Å². The largest absolute Gasteiger partial charge is 0.342 e. The molecule has 2 atom stereocenters. The molecule has 0 aromatic heterocycles. The topological polar surface area (TPSA) is 49.4 Å². The number of hydrogen-bond donors (Lipinski definition) is 1. The molecule has 0 spiro atoms. The third kappa shape index (κ3) is 4.40. The SMILES string of the molecule is CCCC1NC(=O)C(C(C)C)N(CCCCSC)C1=O. The van der Waals surface area contributed by atoms with Crippen LogP contribution in [-0.4, -0.2) is 47.4 Å². The van der Waals surface area contributed by atoms with Crippen molar-refractivity contribution in [2.24, 2.45) is 5.92 Å². The van der Waals surface area contributed by atoms with Crippen LogP contribution in [0.3, 0.4) is 0 Å². The van der Waals surface area contributed by atoms with Gasteiger partial charge < -0.3 is 10.2 Å². The van der Waals surface area contributed by atoms with Crippen LogP contribution in [0.1, 0.15) is 46.5 Å². The van der Waals surface area contributed by atoms with E-state index in [4.69, 9.17) is 0 Å². The second-order valence-electron chi connectivity index (χ2n) is 5.77. The predicted molar refractivity (Wildman–Crippen MR) is 84.8 cm³/mol. The van der Waals surface area contributed by atoms with Crippen LogP contribution in [0, 0.1) is 5.92 Å². The van der Waals surface area contributed by atoms with E-state index in [1.165, 1.54) is 0 Å². The van der Waals surface area contributed by atoms with Crippen LogP contribution < -0.4 is 5.32 Å². The van der Waals surface area contributed by atoms with E-state index in [0.29, 0.717) is 6.54 Å². The predicted octanol–water partition coefficient (Wildman–Crippen LogP) is 2.28. The van der Waals surface area contributed by atoms with Gasteiger partial charge >= 0.3 is 0 Å². The molecular weight excluding hydrogens is 272 g/mol. The number of carbonyl (C=O) groups is 2. The Morgan fingerprint density at radius 1 is 1.30 bits per heavy atom. The van der Waals surface area contributed by atoms with Gasteiger partial charge in [0.25, 0.3) is 0 Å². The summed E-state index contributed by atoms with van der Waals surface area (Å²) in [5.41, 5.74) is 0. The second kappa shape index (κ2) is 8.55. The molecule has 2 unspecified atom stereocenters. The van der Waals surface area contributed by atoms with Gasteiger partial charge in [-0.25, -0.2) is 0 Å². The molecule has 0 bridgehead atoms. The fourth-order valence-electron chi connectivity index (χ4n) is 2.72. The number of piperazine rings is 1. The molecule has 116 valence electrons. The lowest BCUT2D eigenvalue weighted by atomic mass is 9.95. The number of hydrogen-bond acceptors (Lipinski definition) is 3. The number of thioether (sulfide) groups is 1. The van der Waals surface area contributed by atoms with Crippen molar-refractivity contribution in [3.63, 3.8) is 0 Å². The van der Waals surface area contributed by atoms with Crippen molar-refractivity contribution >= 4 is 23.6 Å². The van der Waals surface area contributed by atoms with Gasteiger partial charge in [0.2, 0.25) is 11.8 Å². The maximum absolute atomic E-state index is 12.5. The average Bonchev–Trinajstić information content (AvgIpc) is 2.39. The van der Waals surface area contributed by atoms with Crippen LogP contribution in [-0.2, 0) is 9.59 Å². The first-order valence-corrected chi connectivity index (χ1v) is 9.02. The zero-order valence-corrected chi connectivity index (χ0v) is 14.0. The molecule has 1 heterocycles. The molecule has 0 saturated carbocycles. The summed E-state index contributed by atoms with van der Waals surface area (Å²) in [7, 11) is 0. The van der Waals surface area contributed by atoms with Crippen LogP contribution in [0.4, 0.5) is 0 Å². The van der Waals surface area contributed by atoms with Crippen molar-refractivity contribution in [1.82, 2.24) is 10.2 Å². The molecule has 0 radical (unpaired) electrons. The van der Waals surface area contributed by atoms with E-state index in [-0.39, 0.29) is 29.8 Å². The van der Waals surface area contributed by atoms with Crippen molar-refractivity contribution in [2.45, 2.75) is 58.5 Å². The molecule has 0 aliphatic carbocycles. The molecule has 20 heavy (non-hydrogen) atoms. The van der Waals surface area contributed by atoms with Crippen LogP contribution in [0.2, 0.25) is 0 Å². The summed E-state index contributed by atoms with van der Waals surface area (Å²) in [5, 5.41) is 2.90. The molecule has 1 fully saturated rings. The van der Waals surface area contributed by atoms with Crippen LogP contribution in [0.25, 0.3) is 0 Å². The summed E-state index contributed by atoms with van der Waals surface area (Å²) in [6.45, 7) is 6.76. The van der Waals surface area contributed by atoms with Crippen LogP contribution in [0.15, 0.2) is 0 Å². The molecular formula is C15H28N2O2S. The highest BCUT2D eigenvalue weighted by atomic mass is 32.2. The molecule has 1 aliphatic heterocycles. The molecule has 0 aromatic rings. The minimum Gasteiger partial charge on any atom is -0.342 e. The van der Waals surface area contributed by atoms with E-state index in [9.17, 15) is 9.59 Å². The molecule has 2 amide bonds. The fraction of sp³-hybridized carbons (Fsp3) is 0.867. The first-order chi connectivity index (χ1) is 9.52. The third-order valence-corrected chi connectivity index (χ3v) is 4.41. The maximum atomic E-state index is 12.5. The summed E-state index contributed by atoms with van der Waals surface area (Å²) in [6.07, 6.45) is 5.80. The van der Waals surface area contributed by atoms with Gasteiger partial charge in [0.15, 0.2) is 0 Å². The van der Waals surface area contributed by atoms with Gasteiger partial charge in [0, 0.05) is 6.54 Å². The summed E-state index contributed by atoms with van der Waals surface area (Å²) in [4.78, 5) is 26.6. The number of amides is 2. The summed E-state index contributed by atoms with van der Waals surface area (Å²) in [5.74, 6) is 1.39. The van der Waals surface area contributed by atoms with E-state index >= 15 is 0 Å². The van der Waals surface area contributed by atoms with E-state index in [1.807, 2.05) is 37.4 Å². The average molecular weight is 300 g/mol. The quantitative estimate of drug-likeness (QED) is 0.700. The minimum atomic E-state index is -0.317.